The molecule has 6 heteroatoms. The average Bonchev–Trinajstić information content (AvgIpc) is 2.45. The van der Waals surface area contributed by atoms with Crippen molar-refractivity contribution in [2.24, 2.45) is 15.5 Å². The normalized spacial score (nSPS) is 18.8. The Hall–Kier alpha value is -1.01. The molecule has 0 radical (unpaired) electrons. The summed E-state index contributed by atoms with van der Waals surface area (Å²) in [7, 11) is 0. The van der Waals surface area contributed by atoms with Gasteiger partial charge in [-0.25, -0.2) is 4.99 Å². The fourth-order valence-corrected chi connectivity index (χ4v) is 2.99. The molecular formula is C14H25N3O2S. The lowest BCUT2D eigenvalue weighted by molar-refractivity contribution is -0.158. The number of hydrogen-bond acceptors (Lipinski definition) is 5. The van der Waals surface area contributed by atoms with Crippen LogP contribution in [0.1, 0.15) is 40.0 Å². The third-order valence-corrected chi connectivity index (χ3v) is 4.33. The number of amidine groups is 1. The Labute approximate surface area is 125 Å². The van der Waals surface area contributed by atoms with Gasteiger partial charge in [0.05, 0.1) is 12.0 Å². The molecule has 0 aromatic rings. The van der Waals surface area contributed by atoms with E-state index >= 15 is 0 Å². The molecule has 2 N–H and O–H groups in total. The number of carbonyl (C=O) groups excluding carboxylic acids is 1. The fourth-order valence-electron chi connectivity index (χ4n) is 2.45. The smallest absolute Gasteiger partial charge is 0.312 e. The van der Waals surface area contributed by atoms with Crippen LogP contribution in [0.5, 0.6) is 0 Å². The summed E-state index contributed by atoms with van der Waals surface area (Å²) in [6.07, 6.45) is 2.36. The van der Waals surface area contributed by atoms with Gasteiger partial charge in [-0.05, 0) is 45.1 Å². The van der Waals surface area contributed by atoms with Crippen molar-refractivity contribution in [2.75, 3.05) is 19.7 Å². The molecule has 5 nitrogen and oxygen atoms in total. The van der Waals surface area contributed by atoms with Gasteiger partial charge in [0.25, 0.3) is 0 Å². The summed E-state index contributed by atoms with van der Waals surface area (Å²) in [6, 6.07) is 0. The van der Waals surface area contributed by atoms with Crippen LogP contribution in [0.4, 0.5) is 0 Å². The molecule has 1 saturated heterocycles. The lowest BCUT2D eigenvalue weighted by atomic mass is 9.76. The van der Waals surface area contributed by atoms with Gasteiger partial charge in [0.1, 0.15) is 0 Å². The maximum atomic E-state index is 12.2. The van der Waals surface area contributed by atoms with Crippen LogP contribution in [-0.2, 0) is 9.53 Å². The van der Waals surface area contributed by atoms with E-state index in [1.807, 2.05) is 20.8 Å². The van der Waals surface area contributed by atoms with E-state index in [9.17, 15) is 4.79 Å². The second-order valence-corrected chi connectivity index (χ2v) is 5.69. The van der Waals surface area contributed by atoms with Gasteiger partial charge in [0, 0.05) is 18.8 Å². The SMILES string of the molecule is C=C(C)N=C(SN)N1CCC(CC)(C(=O)OCC)CC1. The number of ether oxygens (including phenoxy) is 1. The predicted octanol–water partition coefficient (Wildman–Crippen LogP) is 2.54. The van der Waals surface area contributed by atoms with E-state index in [1.165, 1.54) is 0 Å². The number of allylic oxidation sites excluding steroid dienone is 1. The van der Waals surface area contributed by atoms with Gasteiger partial charge in [-0.2, -0.15) is 0 Å². The zero-order valence-electron chi connectivity index (χ0n) is 12.6. The molecule has 0 saturated carbocycles. The zero-order chi connectivity index (χ0) is 15.2. The van der Waals surface area contributed by atoms with Crippen LogP contribution < -0.4 is 5.14 Å². The van der Waals surface area contributed by atoms with E-state index < -0.39 is 0 Å². The minimum Gasteiger partial charge on any atom is -0.466 e. The first kappa shape index (κ1) is 17.0. The van der Waals surface area contributed by atoms with Gasteiger partial charge >= 0.3 is 5.97 Å². The number of likely N-dealkylation sites (tertiary alicyclic amines) is 1. The largest absolute Gasteiger partial charge is 0.466 e. The lowest BCUT2D eigenvalue weighted by Gasteiger charge is -2.40. The van der Waals surface area contributed by atoms with E-state index in [-0.39, 0.29) is 11.4 Å². The number of nitrogens with zero attached hydrogens (tertiary/aromatic N) is 2. The van der Waals surface area contributed by atoms with Crippen LogP contribution in [0.2, 0.25) is 0 Å². The van der Waals surface area contributed by atoms with Gasteiger partial charge in [-0.15, -0.1) is 0 Å². The maximum Gasteiger partial charge on any atom is 0.312 e. The molecule has 0 aromatic carbocycles. The van der Waals surface area contributed by atoms with E-state index in [0.717, 1.165) is 55.2 Å². The number of esters is 1. The summed E-state index contributed by atoms with van der Waals surface area (Å²) >= 11 is 1.13. The Kier molecular flexibility index (Phi) is 6.55. The Morgan fingerprint density at radius 2 is 2.05 bits per heavy atom. The maximum absolute atomic E-state index is 12.2. The first-order valence-electron chi connectivity index (χ1n) is 7.02. The monoisotopic (exact) mass is 299 g/mol. The molecule has 1 fully saturated rings. The third-order valence-electron chi connectivity index (χ3n) is 3.77. The Morgan fingerprint density at radius 1 is 1.45 bits per heavy atom. The molecule has 0 amide bonds. The molecule has 1 aliphatic rings. The van der Waals surface area contributed by atoms with Crippen molar-refractivity contribution < 1.29 is 9.53 Å². The summed E-state index contributed by atoms with van der Waals surface area (Å²) in [5, 5.41) is 6.44. The molecule has 1 rings (SSSR count). The lowest BCUT2D eigenvalue weighted by Crippen LogP contribution is -2.46. The number of aliphatic imine (C=N–C) groups is 1. The molecule has 114 valence electrons. The van der Waals surface area contributed by atoms with E-state index in [4.69, 9.17) is 9.88 Å². The second-order valence-electron chi connectivity index (χ2n) is 5.09. The standard InChI is InChI=1S/C14H25N3O2S/c1-5-14(12(18)19-6-2)7-9-17(10-8-14)13(20-15)16-11(3)4/h3,5-10,15H2,1-2,4H3. The quantitative estimate of drug-likeness (QED) is 0.374. The molecule has 1 aliphatic heterocycles. The van der Waals surface area contributed by atoms with Gasteiger partial charge in [-0.1, -0.05) is 13.5 Å². The molecule has 0 aromatic heterocycles. The first-order valence-corrected chi connectivity index (χ1v) is 7.90. The van der Waals surface area contributed by atoms with Crippen molar-refractivity contribution in [2.45, 2.75) is 40.0 Å². The van der Waals surface area contributed by atoms with E-state index in [2.05, 4.69) is 16.5 Å². The third kappa shape index (κ3) is 3.99. The van der Waals surface area contributed by atoms with E-state index in [1.54, 1.807) is 0 Å². The van der Waals surface area contributed by atoms with Gasteiger partial charge in [0.2, 0.25) is 0 Å². The van der Waals surface area contributed by atoms with E-state index in [0.29, 0.717) is 6.61 Å². The highest BCUT2D eigenvalue weighted by atomic mass is 32.2. The Morgan fingerprint density at radius 3 is 2.45 bits per heavy atom. The van der Waals surface area contributed by atoms with Crippen LogP contribution in [-0.4, -0.2) is 35.7 Å². The molecule has 20 heavy (non-hydrogen) atoms. The number of nitrogens with two attached hydrogens (primary N) is 1. The summed E-state index contributed by atoms with van der Waals surface area (Å²) in [5.41, 5.74) is 0.385. The highest BCUT2D eigenvalue weighted by molar-refractivity contribution is 8.11. The fraction of sp³-hybridized carbons (Fsp3) is 0.714. The van der Waals surface area contributed by atoms with Crippen molar-refractivity contribution in [3.05, 3.63) is 12.3 Å². The van der Waals surface area contributed by atoms with Crippen LogP contribution in [0.15, 0.2) is 17.3 Å². The van der Waals surface area contributed by atoms with Crippen molar-refractivity contribution in [3.8, 4) is 0 Å². The summed E-state index contributed by atoms with van der Waals surface area (Å²) in [6.45, 7) is 11.5. The topological polar surface area (TPSA) is 67.9 Å². The number of carbonyl (C=O) groups is 1. The zero-order valence-corrected chi connectivity index (χ0v) is 13.5. The van der Waals surface area contributed by atoms with Crippen LogP contribution >= 0.6 is 11.9 Å². The van der Waals surface area contributed by atoms with Gasteiger partial charge in [0.15, 0.2) is 5.17 Å². The van der Waals surface area contributed by atoms with Crippen molar-refractivity contribution in [1.82, 2.24) is 4.90 Å². The molecule has 0 spiro atoms. The average molecular weight is 299 g/mol. The highest BCUT2D eigenvalue weighted by Crippen LogP contribution is 2.36. The Bertz CT molecular complexity index is 388. The van der Waals surface area contributed by atoms with Crippen molar-refractivity contribution >= 4 is 23.1 Å². The minimum absolute atomic E-state index is 0.0686. The number of rotatable bonds is 4. The Balaban J connectivity index is 2.74. The summed E-state index contributed by atoms with van der Waals surface area (Å²) < 4.78 is 5.23. The predicted molar refractivity (Wildman–Crippen MR) is 84.2 cm³/mol. The molecular weight excluding hydrogens is 274 g/mol. The van der Waals surface area contributed by atoms with Crippen molar-refractivity contribution in [1.29, 1.82) is 0 Å². The van der Waals surface area contributed by atoms with Crippen LogP contribution in [0.3, 0.4) is 0 Å². The van der Waals surface area contributed by atoms with Crippen molar-refractivity contribution in [3.63, 3.8) is 0 Å². The molecule has 0 atom stereocenters. The molecule has 0 bridgehead atoms. The first-order chi connectivity index (χ1) is 9.49. The van der Waals surface area contributed by atoms with Gasteiger partial charge in [-0.3, -0.25) is 9.93 Å². The highest BCUT2D eigenvalue weighted by Gasteiger charge is 2.41. The minimum atomic E-state index is -0.347. The molecule has 1 heterocycles. The number of hydrogen-bond donors (Lipinski definition) is 1. The number of piperidine rings is 1. The van der Waals surface area contributed by atoms with Gasteiger partial charge < -0.3 is 9.64 Å². The second kappa shape index (κ2) is 7.69. The van der Waals surface area contributed by atoms with Crippen LogP contribution in [0, 0.1) is 5.41 Å². The summed E-state index contributed by atoms with van der Waals surface area (Å²) in [4.78, 5) is 18.6. The van der Waals surface area contributed by atoms with Crippen LogP contribution in [0.25, 0.3) is 0 Å². The molecule has 0 unspecified atom stereocenters. The summed E-state index contributed by atoms with van der Waals surface area (Å²) in [5.74, 6) is -0.0686. The molecule has 0 aliphatic carbocycles.